The van der Waals surface area contributed by atoms with Gasteiger partial charge >= 0.3 is 0 Å². The number of unbranched alkanes of at least 4 members (excludes halogenated alkanes) is 2. The molecule has 0 heterocycles. The molecule has 0 aliphatic heterocycles. The Morgan fingerprint density at radius 2 is 1.50 bits per heavy atom. The maximum Gasteiger partial charge on any atom is 0.159 e. The van der Waals surface area contributed by atoms with Crippen LogP contribution in [0, 0.1) is 29.1 Å². The van der Waals surface area contributed by atoms with Crippen LogP contribution < -0.4 is 0 Å². The fraction of sp³-hybridized carbons (Fsp3) is 0.259. The normalized spacial score (nSPS) is 13.1. The van der Waals surface area contributed by atoms with Gasteiger partial charge in [0.05, 0.1) is 0 Å². The molecule has 3 aromatic carbocycles. The first kappa shape index (κ1) is 22.3. The number of aryl methyl sites for hydroxylation is 1. The van der Waals surface area contributed by atoms with Gasteiger partial charge in [-0.2, -0.15) is 0 Å². The zero-order valence-corrected chi connectivity index (χ0v) is 17.8. The molecular weight excluding hydrogens is 419 g/mol. The second kappa shape index (κ2) is 9.27. The SMILES string of the molecule is CCCCCc1cc(F)c(C2=Cc3ccc(-c4ccc(F)c(F)c4)c(F)c3CC2)c(F)c1. The standard InChI is InChI=1S/C27H23F5/c1-2-3-4-5-16-12-24(30)26(25(31)13-16)19-7-10-20-17(14-19)6-9-21(27(20)32)18-8-11-22(28)23(29)15-18/h6,8-9,11-15H,2-5,7,10H2,1H3. The van der Waals surface area contributed by atoms with Crippen molar-refractivity contribution in [1.82, 2.24) is 0 Å². The average molecular weight is 442 g/mol. The van der Waals surface area contributed by atoms with E-state index >= 15 is 4.39 Å². The maximum atomic E-state index is 15.2. The molecule has 0 atom stereocenters. The molecular formula is C27H23F5. The first-order valence-electron chi connectivity index (χ1n) is 10.8. The Balaban J connectivity index is 1.67. The van der Waals surface area contributed by atoms with Crippen molar-refractivity contribution in [3.63, 3.8) is 0 Å². The van der Waals surface area contributed by atoms with E-state index in [4.69, 9.17) is 0 Å². The fourth-order valence-electron chi connectivity index (χ4n) is 4.28. The molecule has 1 aliphatic carbocycles. The Morgan fingerprint density at radius 1 is 0.750 bits per heavy atom. The van der Waals surface area contributed by atoms with Crippen LogP contribution in [0.1, 0.15) is 54.9 Å². The molecule has 0 saturated heterocycles. The van der Waals surface area contributed by atoms with E-state index in [1.54, 1.807) is 12.1 Å². The topological polar surface area (TPSA) is 0 Å². The Labute approximate surface area is 184 Å². The highest BCUT2D eigenvalue weighted by atomic mass is 19.2. The van der Waals surface area contributed by atoms with Gasteiger partial charge in [-0.05, 0) is 77.8 Å². The largest absolute Gasteiger partial charge is 0.206 e. The number of benzene rings is 3. The van der Waals surface area contributed by atoms with E-state index in [9.17, 15) is 17.6 Å². The maximum absolute atomic E-state index is 15.2. The summed E-state index contributed by atoms with van der Waals surface area (Å²) in [5.41, 5.74) is 2.36. The molecule has 1 aliphatic rings. The summed E-state index contributed by atoms with van der Waals surface area (Å²) >= 11 is 0. The zero-order chi connectivity index (χ0) is 22.8. The number of rotatable bonds is 6. The van der Waals surface area contributed by atoms with Crippen LogP contribution in [0.5, 0.6) is 0 Å². The van der Waals surface area contributed by atoms with Gasteiger partial charge in [0.25, 0.3) is 0 Å². The molecule has 0 bridgehead atoms. The van der Waals surface area contributed by atoms with Gasteiger partial charge < -0.3 is 0 Å². The Bertz CT molecular complexity index is 1170. The van der Waals surface area contributed by atoms with Crippen molar-refractivity contribution < 1.29 is 22.0 Å². The minimum Gasteiger partial charge on any atom is -0.206 e. The number of hydrogen-bond acceptors (Lipinski definition) is 0. The molecule has 166 valence electrons. The highest BCUT2D eigenvalue weighted by molar-refractivity contribution is 5.86. The monoisotopic (exact) mass is 442 g/mol. The van der Waals surface area contributed by atoms with Gasteiger partial charge in [-0.15, -0.1) is 0 Å². The van der Waals surface area contributed by atoms with Gasteiger partial charge in [-0.25, -0.2) is 22.0 Å². The van der Waals surface area contributed by atoms with Crippen molar-refractivity contribution in [1.29, 1.82) is 0 Å². The second-order valence-corrected chi connectivity index (χ2v) is 8.18. The van der Waals surface area contributed by atoms with Crippen molar-refractivity contribution in [2.24, 2.45) is 0 Å². The summed E-state index contributed by atoms with van der Waals surface area (Å²) in [6.45, 7) is 2.07. The van der Waals surface area contributed by atoms with Crippen LogP contribution in [0.3, 0.4) is 0 Å². The van der Waals surface area contributed by atoms with Crippen LogP contribution in [0.4, 0.5) is 22.0 Å². The molecule has 0 fully saturated rings. The lowest BCUT2D eigenvalue weighted by Crippen LogP contribution is -2.06. The van der Waals surface area contributed by atoms with E-state index < -0.39 is 29.1 Å². The molecule has 0 N–H and O–H groups in total. The highest BCUT2D eigenvalue weighted by Crippen LogP contribution is 2.37. The smallest absolute Gasteiger partial charge is 0.159 e. The van der Waals surface area contributed by atoms with Crippen molar-refractivity contribution in [2.75, 3.05) is 0 Å². The van der Waals surface area contributed by atoms with Gasteiger partial charge in [0.15, 0.2) is 11.6 Å². The molecule has 0 aromatic heterocycles. The van der Waals surface area contributed by atoms with Crippen LogP contribution in [0.15, 0.2) is 42.5 Å². The predicted molar refractivity (Wildman–Crippen MR) is 118 cm³/mol. The highest BCUT2D eigenvalue weighted by Gasteiger charge is 2.23. The van der Waals surface area contributed by atoms with Crippen LogP contribution in [-0.2, 0) is 12.8 Å². The average Bonchev–Trinajstić information content (AvgIpc) is 2.76. The third-order valence-corrected chi connectivity index (χ3v) is 5.98. The lowest BCUT2D eigenvalue weighted by atomic mass is 9.85. The summed E-state index contributed by atoms with van der Waals surface area (Å²) in [4.78, 5) is 0. The third kappa shape index (κ3) is 4.34. The Hall–Kier alpha value is -2.95. The first-order valence-corrected chi connectivity index (χ1v) is 10.8. The van der Waals surface area contributed by atoms with Gasteiger partial charge in [0.1, 0.15) is 17.5 Å². The van der Waals surface area contributed by atoms with Gasteiger partial charge in [-0.3, -0.25) is 0 Å². The van der Waals surface area contributed by atoms with Crippen LogP contribution >= 0.6 is 0 Å². The minimum atomic E-state index is -1.05. The van der Waals surface area contributed by atoms with Crippen LogP contribution in [0.25, 0.3) is 22.8 Å². The van der Waals surface area contributed by atoms with Crippen molar-refractivity contribution in [3.8, 4) is 11.1 Å². The molecule has 0 amide bonds. The summed E-state index contributed by atoms with van der Waals surface area (Å²) < 4.78 is 71.6. The molecule has 0 saturated carbocycles. The third-order valence-electron chi connectivity index (χ3n) is 5.98. The summed E-state index contributed by atoms with van der Waals surface area (Å²) in [6, 6.07) is 9.12. The zero-order valence-electron chi connectivity index (χ0n) is 17.8. The Morgan fingerprint density at radius 3 is 2.19 bits per heavy atom. The van der Waals surface area contributed by atoms with E-state index in [0.717, 1.165) is 31.4 Å². The van der Waals surface area contributed by atoms with E-state index in [-0.39, 0.29) is 29.5 Å². The lowest BCUT2D eigenvalue weighted by molar-refractivity contribution is 0.509. The molecule has 3 aromatic rings. The number of allylic oxidation sites excluding steroid dienone is 1. The Kier molecular flexibility index (Phi) is 6.45. The quantitative estimate of drug-likeness (QED) is 0.266. The molecule has 5 heteroatoms. The molecule has 4 rings (SSSR count). The molecule has 0 unspecified atom stereocenters. The van der Waals surface area contributed by atoms with Crippen molar-refractivity contribution in [2.45, 2.75) is 45.4 Å². The van der Waals surface area contributed by atoms with Gasteiger partial charge in [0, 0.05) is 11.1 Å². The number of fused-ring (bicyclic) bond motifs is 1. The van der Waals surface area contributed by atoms with Crippen molar-refractivity contribution in [3.05, 3.63) is 93.8 Å². The van der Waals surface area contributed by atoms with E-state index in [2.05, 4.69) is 6.92 Å². The molecule has 0 radical (unpaired) electrons. The van der Waals surface area contributed by atoms with Gasteiger partial charge in [0.2, 0.25) is 0 Å². The fourth-order valence-corrected chi connectivity index (χ4v) is 4.28. The van der Waals surface area contributed by atoms with Crippen LogP contribution in [-0.4, -0.2) is 0 Å². The van der Waals surface area contributed by atoms with E-state index in [1.165, 1.54) is 24.3 Å². The first-order chi connectivity index (χ1) is 15.4. The number of hydrogen-bond donors (Lipinski definition) is 0. The minimum absolute atomic E-state index is 0.0695. The summed E-state index contributed by atoms with van der Waals surface area (Å²) in [5.74, 6) is -3.79. The van der Waals surface area contributed by atoms with E-state index in [1.807, 2.05) is 0 Å². The number of halogens is 5. The van der Waals surface area contributed by atoms with E-state index in [0.29, 0.717) is 28.7 Å². The molecule has 32 heavy (non-hydrogen) atoms. The predicted octanol–water partition coefficient (Wildman–Crippen LogP) is 8.27. The summed E-state index contributed by atoms with van der Waals surface area (Å²) in [6.07, 6.45) is 5.67. The van der Waals surface area contributed by atoms with Crippen molar-refractivity contribution >= 4 is 11.6 Å². The van der Waals surface area contributed by atoms with Crippen LogP contribution in [0.2, 0.25) is 0 Å². The summed E-state index contributed by atoms with van der Waals surface area (Å²) in [5, 5.41) is 0. The second-order valence-electron chi connectivity index (χ2n) is 8.18. The molecule has 0 nitrogen and oxygen atoms in total. The lowest BCUT2D eigenvalue weighted by Gasteiger charge is -2.20. The van der Waals surface area contributed by atoms with Gasteiger partial charge in [-0.1, -0.05) is 44.0 Å². The summed E-state index contributed by atoms with van der Waals surface area (Å²) in [7, 11) is 0. The molecule has 0 spiro atoms.